The molecule has 2 saturated carbocycles. The van der Waals surface area contributed by atoms with E-state index in [2.05, 4.69) is 13.2 Å². The molecule has 2 aliphatic carbocycles. The van der Waals surface area contributed by atoms with Gasteiger partial charge in [-0.2, -0.15) is 4.39 Å². The zero-order valence-corrected chi connectivity index (χ0v) is 21.0. The number of rotatable bonds is 10. The van der Waals surface area contributed by atoms with Crippen molar-refractivity contribution in [1.29, 1.82) is 0 Å². The van der Waals surface area contributed by atoms with Crippen molar-refractivity contribution in [3.8, 4) is 0 Å². The predicted molar refractivity (Wildman–Crippen MR) is 131 cm³/mol. The Kier molecular flexibility index (Phi) is 10.0. The summed E-state index contributed by atoms with van der Waals surface area (Å²) in [5.41, 5.74) is 1.04. The topological polar surface area (TPSA) is 18.5 Å². The van der Waals surface area contributed by atoms with E-state index in [0.717, 1.165) is 51.4 Å². The van der Waals surface area contributed by atoms with Gasteiger partial charge in [0.05, 0.1) is 12.7 Å². The summed E-state index contributed by atoms with van der Waals surface area (Å²) in [4.78, 5) is 0. The van der Waals surface area contributed by atoms with Crippen LogP contribution in [0.1, 0.15) is 94.1 Å². The molecule has 1 aromatic carbocycles. The van der Waals surface area contributed by atoms with Gasteiger partial charge in [0.1, 0.15) is 0 Å². The summed E-state index contributed by atoms with van der Waals surface area (Å²) in [6, 6.07) is 3.55. The summed E-state index contributed by atoms with van der Waals surface area (Å²) in [6.45, 7) is 8.94. The zero-order chi connectivity index (χ0) is 25.5. The van der Waals surface area contributed by atoms with Crippen LogP contribution in [0.25, 0.3) is 0 Å². The van der Waals surface area contributed by atoms with Gasteiger partial charge in [-0.05, 0) is 106 Å². The van der Waals surface area contributed by atoms with Crippen LogP contribution in [-0.2, 0) is 9.47 Å². The molecule has 0 radical (unpaired) electrons. The summed E-state index contributed by atoms with van der Waals surface area (Å²) >= 11 is 0. The lowest BCUT2D eigenvalue weighted by molar-refractivity contribution is 0.0655. The molecule has 0 N–H and O–H groups in total. The molecule has 2 nitrogen and oxygen atoms in total. The highest BCUT2D eigenvalue weighted by atomic mass is 19.2. The van der Waals surface area contributed by atoms with Crippen LogP contribution in [0, 0.1) is 17.6 Å². The van der Waals surface area contributed by atoms with Gasteiger partial charge in [0.15, 0.2) is 29.0 Å². The molecule has 35 heavy (non-hydrogen) atoms. The molecule has 6 heteroatoms. The molecule has 0 atom stereocenters. The van der Waals surface area contributed by atoms with Gasteiger partial charge < -0.3 is 9.47 Å². The van der Waals surface area contributed by atoms with E-state index < -0.39 is 23.3 Å². The quantitative estimate of drug-likeness (QED) is 0.184. The molecule has 0 aromatic heterocycles. The van der Waals surface area contributed by atoms with Gasteiger partial charge >= 0.3 is 0 Å². The second kappa shape index (κ2) is 12.8. The van der Waals surface area contributed by atoms with Crippen LogP contribution in [0.2, 0.25) is 0 Å². The van der Waals surface area contributed by atoms with E-state index in [1.54, 1.807) is 26.2 Å². The number of methoxy groups -OCH3 is 1. The number of halogens is 4. The van der Waals surface area contributed by atoms with Crippen molar-refractivity contribution < 1.29 is 27.0 Å². The number of allylic oxidation sites excluding steroid dienone is 3. The molecule has 0 amide bonds. The minimum atomic E-state index is -1.10. The Morgan fingerprint density at radius 3 is 1.86 bits per heavy atom. The third-order valence-corrected chi connectivity index (χ3v) is 7.80. The highest BCUT2D eigenvalue weighted by Crippen LogP contribution is 2.42. The first-order valence-corrected chi connectivity index (χ1v) is 12.8. The van der Waals surface area contributed by atoms with E-state index in [0.29, 0.717) is 29.9 Å². The number of benzene rings is 1. The molecule has 194 valence electrons. The molecular formula is C29H38F4O2. The van der Waals surface area contributed by atoms with Crippen LogP contribution in [0.3, 0.4) is 0 Å². The van der Waals surface area contributed by atoms with Crippen LogP contribution in [-0.4, -0.2) is 19.8 Å². The second-order valence-corrected chi connectivity index (χ2v) is 9.93. The van der Waals surface area contributed by atoms with Crippen LogP contribution < -0.4 is 0 Å². The first-order valence-electron chi connectivity index (χ1n) is 12.8. The summed E-state index contributed by atoms with van der Waals surface area (Å²) in [5, 5.41) is 0. The Hall–Kier alpha value is -2.08. The van der Waals surface area contributed by atoms with Gasteiger partial charge in [-0.3, -0.25) is 0 Å². The number of hydrogen-bond donors (Lipinski definition) is 0. The van der Waals surface area contributed by atoms with Crippen molar-refractivity contribution in [1.82, 2.24) is 0 Å². The number of ether oxygens (including phenoxy) is 2. The van der Waals surface area contributed by atoms with Crippen molar-refractivity contribution >= 4 is 0 Å². The fraction of sp³-hybridized carbons (Fsp3) is 0.586. The fourth-order valence-corrected chi connectivity index (χ4v) is 5.58. The van der Waals surface area contributed by atoms with E-state index in [9.17, 15) is 8.78 Å². The molecule has 2 fully saturated rings. The van der Waals surface area contributed by atoms with Crippen molar-refractivity contribution in [2.45, 2.75) is 89.1 Å². The van der Waals surface area contributed by atoms with Gasteiger partial charge in [0, 0.05) is 7.11 Å². The molecule has 0 bridgehead atoms. The minimum Gasteiger partial charge on any atom is -0.491 e. The smallest absolute Gasteiger partial charge is 0.200 e. The summed E-state index contributed by atoms with van der Waals surface area (Å²) in [6.07, 6.45) is 7.74. The molecular weight excluding hydrogens is 456 g/mol. The molecule has 3 rings (SSSR count). The Bertz CT molecular complexity index is 923. The van der Waals surface area contributed by atoms with Crippen molar-refractivity contribution in [2.75, 3.05) is 13.7 Å². The van der Waals surface area contributed by atoms with Crippen LogP contribution in [0.15, 0.2) is 48.3 Å². The second-order valence-electron chi connectivity index (χ2n) is 9.93. The standard InChI is InChI=1S/C29H38F4O2/c1-5-35-19(3)27(31)26(30)18(2)6-7-20-8-10-21(11-9-20)24-16-17-25(29(33)28(24)32)22-12-14-23(34-4)15-13-22/h16-17,20-23H,2-3,5-15H2,1,4H3/b27-26-. The summed E-state index contributed by atoms with van der Waals surface area (Å²) < 4.78 is 68.7. The Morgan fingerprint density at radius 2 is 1.37 bits per heavy atom. The monoisotopic (exact) mass is 494 g/mol. The molecule has 2 aliphatic rings. The van der Waals surface area contributed by atoms with E-state index in [1.165, 1.54) is 0 Å². The van der Waals surface area contributed by atoms with Crippen molar-refractivity contribution in [2.24, 2.45) is 5.92 Å². The maximum absolute atomic E-state index is 15.1. The van der Waals surface area contributed by atoms with Crippen LogP contribution >= 0.6 is 0 Å². The average Bonchev–Trinajstić information content (AvgIpc) is 2.88. The fourth-order valence-electron chi connectivity index (χ4n) is 5.58. The molecule has 1 aromatic rings. The Labute approximate surface area is 207 Å². The van der Waals surface area contributed by atoms with Gasteiger partial charge in [0.25, 0.3) is 0 Å². The highest BCUT2D eigenvalue weighted by molar-refractivity contribution is 5.33. The average molecular weight is 495 g/mol. The largest absolute Gasteiger partial charge is 0.491 e. The normalized spacial score (nSPS) is 25.7. The first kappa shape index (κ1) is 27.5. The van der Waals surface area contributed by atoms with Crippen LogP contribution in [0.5, 0.6) is 0 Å². The van der Waals surface area contributed by atoms with Gasteiger partial charge in [-0.25, -0.2) is 13.2 Å². The third kappa shape index (κ3) is 6.78. The van der Waals surface area contributed by atoms with Crippen molar-refractivity contribution in [3.63, 3.8) is 0 Å². The molecule has 0 unspecified atom stereocenters. The molecule has 0 aliphatic heterocycles. The Morgan fingerprint density at radius 1 is 0.857 bits per heavy atom. The molecule has 0 heterocycles. The highest BCUT2D eigenvalue weighted by Gasteiger charge is 2.30. The molecule has 0 spiro atoms. The maximum Gasteiger partial charge on any atom is 0.200 e. The Balaban J connectivity index is 1.53. The zero-order valence-electron chi connectivity index (χ0n) is 21.0. The maximum atomic E-state index is 15.1. The first-order chi connectivity index (χ1) is 16.8. The van der Waals surface area contributed by atoms with Crippen LogP contribution in [0.4, 0.5) is 17.6 Å². The van der Waals surface area contributed by atoms with E-state index in [4.69, 9.17) is 9.47 Å². The lowest BCUT2D eigenvalue weighted by Gasteiger charge is -2.31. The summed E-state index contributed by atoms with van der Waals surface area (Å²) in [7, 11) is 1.70. The van der Waals surface area contributed by atoms with E-state index in [1.807, 2.05) is 0 Å². The lowest BCUT2D eigenvalue weighted by Crippen LogP contribution is -2.20. The van der Waals surface area contributed by atoms with Gasteiger partial charge in [0.2, 0.25) is 0 Å². The molecule has 0 saturated heterocycles. The van der Waals surface area contributed by atoms with Gasteiger partial charge in [-0.15, -0.1) is 0 Å². The third-order valence-electron chi connectivity index (χ3n) is 7.80. The van der Waals surface area contributed by atoms with Gasteiger partial charge in [-0.1, -0.05) is 25.3 Å². The SMILES string of the molecule is C=C(CCC1CCC(c2ccc(C3CCC(OC)CC3)c(F)c2F)CC1)/C(F)=C(/F)C(=C)OCC. The lowest BCUT2D eigenvalue weighted by atomic mass is 9.76. The van der Waals surface area contributed by atoms with E-state index in [-0.39, 0.29) is 35.9 Å². The van der Waals surface area contributed by atoms with Crippen molar-refractivity contribution in [3.05, 3.63) is 71.0 Å². The minimum absolute atomic E-state index is 0.0224. The predicted octanol–water partition coefficient (Wildman–Crippen LogP) is 8.95. The van der Waals surface area contributed by atoms with E-state index >= 15 is 8.78 Å². The number of hydrogen-bond acceptors (Lipinski definition) is 2. The summed E-state index contributed by atoms with van der Waals surface area (Å²) in [5.74, 6) is -3.50.